The van der Waals surface area contributed by atoms with Crippen molar-refractivity contribution in [3.05, 3.63) is 29.8 Å². The first-order valence-electron chi connectivity index (χ1n) is 7.71. The van der Waals surface area contributed by atoms with Gasteiger partial charge >= 0.3 is 0 Å². The third kappa shape index (κ3) is 4.69. The van der Waals surface area contributed by atoms with Gasteiger partial charge in [0.25, 0.3) is 0 Å². The molecular formula is C16H25NO4S. The quantitative estimate of drug-likeness (QED) is 0.833. The van der Waals surface area contributed by atoms with E-state index in [0.717, 1.165) is 5.75 Å². The second-order valence-electron chi connectivity index (χ2n) is 5.96. The molecule has 1 N–H and O–H groups in total. The van der Waals surface area contributed by atoms with Crippen molar-refractivity contribution in [3.8, 4) is 5.75 Å². The number of benzene rings is 1. The number of ether oxygens (including phenoxy) is 2. The lowest BCUT2D eigenvalue weighted by atomic mass is 10.0. The second kappa shape index (κ2) is 7.44. The molecule has 1 aromatic carbocycles. The largest absolute Gasteiger partial charge is 0.493 e. The molecule has 6 heteroatoms. The molecule has 0 unspecified atom stereocenters. The molecule has 5 nitrogen and oxygen atoms in total. The van der Waals surface area contributed by atoms with Gasteiger partial charge in [0, 0.05) is 5.92 Å². The Morgan fingerprint density at radius 1 is 1.27 bits per heavy atom. The van der Waals surface area contributed by atoms with Gasteiger partial charge in [-0.05, 0) is 30.5 Å². The predicted molar refractivity (Wildman–Crippen MR) is 86.7 cm³/mol. The lowest BCUT2D eigenvalue weighted by Crippen LogP contribution is -2.42. The minimum absolute atomic E-state index is 0.0334. The van der Waals surface area contributed by atoms with Crippen molar-refractivity contribution in [2.75, 3.05) is 25.6 Å². The molecule has 0 aliphatic carbocycles. The van der Waals surface area contributed by atoms with Crippen LogP contribution in [0.25, 0.3) is 0 Å². The molecule has 0 bridgehead atoms. The van der Waals surface area contributed by atoms with Crippen LogP contribution in [0.2, 0.25) is 0 Å². The average Bonchev–Trinajstić information content (AvgIpc) is 2.92. The van der Waals surface area contributed by atoms with E-state index in [1.165, 1.54) is 5.56 Å². The van der Waals surface area contributed by atoms with E-state index in [0.29, 0.717) is 25.7 Å². The van der Waals surface area contributed by atoms with Crippen LogP contribution in [0.3, 0.4) is 0 Å². The van der Waals surface area contributed by atoms with E-state index < -0.39 is 10.0 Å². The summed E-state index contributed by atoms with van der Waals surface area (Å²) in [6.07, 6.45) is 0. The highest BCUT2D eigenvalue weighted by Crippen LogP contribution is 2.21. The van der Waals surface area contributed by atoms with E-state index in [1.807, 2.05) is 12.1 Å². The van der Waals surface area contributed by atoms with Crippen LogP contribution in [0.15, 0.2) is 24.3 Å². The van der Waals surface area contributed by atoms with Crippen molar-refractivity contribution in [2.24, 2.45) is 5.92 Å². The Labute approximate surface area is 133 Å². The SMILES string of the molecule is CCS(=O)(=O)N[C@@H]1COC[C@@H]1COc1ccc(C(C)C)cc1. The molecule has 0 aromatic heterocycles. The Balaban J connectivity index is 1.90. The van der Waals surface area contributed by atoms with E-state index in [4.69, 9.17) is 9.47 Å². The smallest absolute Gasteiger partial charge is 0.211 e. The van der Waals surface area contributed by atoms with E-state index in [-0.39, 0.29) is 17.7 Å². The normalized spacial score (nSPS) is 22.2. The van der Waals surface area contributed by atoms with Gasteiger partial charge in [0.05, 0.1) is 31.6 Å². The maximum absolute atomic E-state index is 11.7. The van der Waals surface area contributed by atoms with Gasteiger partial charge in [0.15, 0.2) is 0 Å². The van der Waals surface area contributed by atoms with Crippen LogP contribution in [0.5, 0.6) is 5.75 Å². The molecule has 0 saturated carbocycles. The van der Waals surface area contributed by atoms with Gasteiger partial charge in [0.2, 0.25) is 10.0 Å². The van der Waals surface area contributed by atoms with Crippen molar-refractivity contribution >= 4 is 10.0 Å². The number of hydrogen-bond acceptors (Lipinski definition) is 4. The first-order chi connectivity index (χ1) is 10.4. The molecule has 1 aliphatic heterocycles. The van der Waals surface area contributed by atoms with Gasteiger partial charge < -0.3 is 9.47 Å². The minimum atomic E-state index is -3.22. The molecule has 0 amide bonds. The summed E-state index contributed by atoms with van der Waals surface area (Å²) in [5.74, 6) is 1.40. The van der Waals surface area contributed by atoms with Gasteiger partial charge in [-0.15, -0.1) is 0 Å². The standard InChI is InChI=1S/C16H25NO4S/c1-4-22(18,19)17-16-11-20-9-14(16)10-21-15-7-5-13(6-8-15)12(2)3/h5-8,12,14,16-17H,4,9-11H2,1-3H3/t14-,16-/m1/s1. The zero-order valence-corrected chi connectivity index (χ0v) is 14.2. The lowest BCUT2D eigenvalue weighted by molar-refractivity contribution is 0.167. The Kier molecular flexibility index (Phi) is 5.83. The van der Waals surface area contributed by atoms with Crippen molar-refractivity contribution in [1.82, 2.24) is 4.72 Å². The molecule has 22 heavy (non-hydrogen) atoms. The van der Waals surface area contributed by atoms with Crippen LogP contribution in [0.1, 0.15) is 32.3 Å². The van der Waals surface area contributed by atoms with Crippen molar-refractivity contribution in [3.63, 3.8) is 0 Å². The molecule has 1 fully saturated rings. The molecule has 2 atom stereocenters. The minimum Gasteiger partial charge on any atom is -0.493 e. The van der Waals surface area contributed by atoms with Gasteiger partial charge in [-0.2, -0.15) is 0 Å². The second-order valence-corrected chi connectivity index (χ2v) is 8.00. The van der Waals surface area contributed by atoms with Crippen LogP contribution in [0.4, 0.5) is 0 Å². The molecule has 1 saturated heterocycles. The summed E-state index contributed by atoms with van der Waals surface area (Å²) in [5.41, 5.74) is 1.27. The maximum atomic E-state index is 11.7. The zero-order chi connectivity index (χ0) is 16.2. The van der Waals surface area contributed by atoms with E-state index in [1.54, 1.807) is 6.92 Å². The summed E-state index contributed by atoms with van der Waals surface area (Å²) in [6.45, 7) is 7.28. The van der Waals surface area contributed by atoms with Gasteiger partial charge in [0.1, 0.15) is 5.75 Å². The monoisotopic (exact) mass is 327 g/mol. The van der Waals surface area contributed by atoms with Crippen LogP contribution < -0.4 is 9.46 Å². The molecule has 1 aliphatic rings. The molecule has 0 radical (unpaired) electrons. The Morgan fingerprint density at radius 2 is 1.95 bits per heavy atom. The topological polar surface area (TPSA) is 64.6 Å². The fourth-order valence-corrected chi connectivity index (χ4v) is 3.25. The Bertz CT molecular complexity index is 568. The average molecular weight is 327 g/mol. The summed E-state index contributed by atoms with van der Waals surface area (Å²) in [5, 5.41) is 0. The molecule has 1 heterocycles. The van der Waals surface area contributed by atoms with Crippen molar-refractivity contribution in [2.45, 2.75) is 32.7 Å². The lowest BCUT2D eigenvalue weighted by Gasteiger charge is -2.19. The molecule has 124 valence electrons. The molecule has 1 aromatic rings. The highest BCUT2D eigenvalue weighted by atomic mass is 32.2. The Morgan fingerprint density at radius 3 is 2.55 bits per heavy atom. The number of sulfonamides is 1. The number of nitrogens with one attached hydrogen (secondary N) is 1. The van der Waals surface area contributed by atoms with Crippen molar-refractivity contribution in [1.29, 1.82) is 0 Å². The highest BCUT2D eigenvalue weighted by Gasteiger charge is 2.31. The third-order valence-corrected chi connectivity index (χ3v) is 5.34. The van der Waals surface area contributed by atoms with Gasteiger partial charge in [-0.25, -0.2) is 13.1 Å². The molecular weight excluding hydrogens is 302 g/mol. The maximum Gasteiger partial charge on any atom is 0.211 e. The van der Waals surface area contributed by atoms with Gasteiger partial charge in [-0.1, -0.05) is 26.0 Å². The number of rotatable bonds is 7. The van der Waals surface area contributed by atoms with E-state index >= 15 is 0 Å². The molecule has 0 spiro atoms. The van der Waals surface area contributed by atoms with Crippen LogP contribution in [0, 0.1) is 5.92 Å². The Hall–Kier alpha value is -1.11. The summed E-state index contributed by atoms with van der Waals surface area (Å²) in [6, 6.07) is 7.82. The van der Waals surface area contributed by atoms with Crippen LogP contribution in [-0.2, 0) is 14.8 Å². The van der Waals surface area contributed by atoms with E-state index in [9.17, 15) is 8.42 Å². The first-order valence-corrected chi connectivity index (χ1v) is 9.37. The van der Waals surface area contributed by atoms with Gasteiger partial charge in [-0.3, -0.25) is 0 Å². The van der Waals surface area contributed by atoms with E-state index in [2.05, 4.69) is 30.7 Å². The fourth-order valence-electron chi connectivity index (χ4n) is 2.36. The highest BCUT2D eigenvalue weighted by molar-refractivity contribution is 7.89. The fraction of sp³-hybridized carbons (Fsp3) is 0.625. The third-order valence-electron chi connectivity index (χ3n) is 3.92. The predicted octanol–water partition coefficient (Wildman–Crippen LogP) is 2.14. The number of hydrogen-bond donors (Lipinski definition) is 1. The summed E-state index contributed by atoms with van der Waals surface area (Å²) < 4.78 is 37.2. The zero-order valence-electron chi connectivity index (χ0n) is 13.4. The van der Waals surface area contributed by atoms with Crippen LogP contribution >= 0.6 is 0 Å². The van der Waals surface area contributed by atoms with Crippen molar-refractivity contribution < 1.29 is 17.9 Å². The first kappa shape index (κ1) is 17.2. The molecule has 2 rings (SSSR count). The van der Waals surface area contributed by atoms with Crippen LogP contribution in [-0.4, -0.2) is 40.0 Å². The summed E-state index contributed by atoms with van der Waals surface area (Å²) in [4.78, 5) is 0. The summed E-state index contributed by atoms with van der Waals surface area (Å²) in [7, 11) is -3.22. The summed E-state index contributed by atoms with van der Waals surface area (Å²) >= 11 is 0.